The number of carbonyl (C=O) groups is 2. The number of amides is 2. The fraction of sp³-hybridized carbons (Fsp3) is 0.136. The van der Waals surface area contributed by atoms with Gasteiger partial charge in [0.25, 0.3) is 11.8 Å². The van der Waals surface area contributed by atoms with E-state index < -0.39 is 0 Å². The highest BCUT2D eigenvalue weighted by Crippen LogP contribution is 2.25. The first kappa shape index (κ1) is 20.4. The average Bonchev–Trinajstić information content (AvgIpc) is 3.46. The van der Waals surface area contributed by atoms with Crippen LogP contribution in [0.5, 0.6) is 0 Å². The van der Waals surface area contributed by atoms with Crippen LogP contribution < -0.4 is 10.6 Å². The Morgan fingerprint density at radius 1 is 1.00 bits per heavy atom. The molecule has 0 fully saturated rings. The molecule has 0 saturated heterocycles. The maximum atomic E-state index is 12.7. The van der Waals surface area contributed by atoms with Crippen LogP contribution in [0.15, 0.2) is 66.7 Å². The van der Waals surface area contributed by atoms with Crippen molar-refractivity contribution in [2.45, 2.75) is 19.8 Å². The van der Waals surface area contributed by atoms with Crippen LogP contribution in [0.1, 0.15) is 46.0 Å². The summed E-state index contributed by atoms with van der Waals surface area (Å²) in [6.45, 7) is 4.20. The van der Waals surface area contributed by atoms with Gasteiger partial charge in [-0.15, -0.1) is 11.3 Å². The molecule has 2 amide bonds. The van der Waals surface area contributed by atoms with Crippen LogP contribution in [0, 0.1) is 0 Å². The third kappa shape index (κ3) is 4.67. The van der Waals surface area contributed by atoms with Gasteiger partial charge in [-0.05, 0) is 47.2 Å². The number of rotatable bonds is 6. The van der Waals surface area contributed by atoms with E-state index in [1.807, 2.05) is 12.1 Å². The number of nitrogens with one attached hydrogen (secondary N) is 2. The second kappa shape index (κ2) is 8.88. The summed E-state index contributed by atoms with van der Waals surface area (Å²) in [5, 5.41) is 11.9. The van der Waals surface area contributed by atoms with Crippen molar-refractivity contribution < 1.29 is 9.59 Å². The normalized spacial score (nSPS) is 10.8. The second-order valence-corrected chi connectivity index (χ2v) is 8.01. The summed E-state index contributed by atoms with van der Waals surface area (Å²) >= 11 is 1.29. The zero-order valence-electron chi connectivity index (χ0n) is 16.9. The van der Waals surface area contributed by atoms with Crippen LogP contribution in [0.25, 0.3) is 5.82 Å². The van der Waals surface area contributed by atoms with Gasteiger partial charge in [-0.2, -0.15) is 5.10 Å². The topological polar surface area (TPSA) is 102 Å². The number of carbonyl (C=O) groups excluding carboxylic acids is 2. The zero-order valence-corrected chi connectivity index (χ0v) is 17.8. The van der Waals surface area contributed by atoms with E-state index >= 15 is 0 Å². The average molecular weight is 433 g/mol. The lowest BCUT2D eigenvalue weighted by Gasteiger charge is -2.09. The molecule has 3 aromatic heterocycles. The largest absolute Gasteiger partial charge is 0.320 e. The molecule has 1 aromatic carbocycles. The minimum Gasteiger partial charge on any atom is -0.320 e. The van der Waals surface area contributed by atoms with Gasteiger partial charge < -0.3 is 10.6 Å². The van der Waals surface area contributed by atoms with Crippen molar-refractivity contribution in [2.75, 3.05) is 10.6 Å². The Kier molecular flexibility index (Phi) is 5.85. The van der Waals surface area contributed by atoms with Crippen molar-refractivity contribution in [3.05, 3.63) is 83.4 Å². The molecule has 0 radical (unpaired) electrons. The Labute approximate surface area is 183 Å². The lowest BCUT2D eigenvalue weighted by Crippen LogP contribution is -2.17. The summed E-state index contributed by atoms with van der Waals surface area (Å²) in [6.07, 6.45) is 4.50. The SMILES string of the molecule is CC(C)c1ccc(C(=O)Nc2sccc2C(=O)Nc2ccc(-n3cncn3)nc2)cc1. The lowest BCUT2D eigenvalue weighted by molar-refractivity contribution is 0.102. The maximum absolute atomic E-state index is 12.7. The first-order chi connectivity index (χ1) is 15.0. The monoisotopic (exact) mass is 432 g/mol. The molecule has 0 spiro atoms. The summed E-state index contributed by atoms with van der Waals surface area (Å²) in [4.78, 5) is 33.5. The smallest absolute Gasteiger partial charge is 0.258 e. The van der Waals surface area contributed by atoms with E-state index in [-0.39, 0.29) is 11.8 Å². The molecule has 0 aliphatic carbocycles. The molecule has 0 aliphatic rings. The molecule has 8 nitrogen and oxygen atoms in total. The lowest BCUT2D eigenvalue weighted by atomic mass is 10.0. The number of nitrogens with zero attached hydrogens (tertiary/aromatic N) is 4. The standard InChI is InChI=1S/C22H20N6O2S/c1-14(2)15-3-5-16(6-4-15)20(29)27-22-18(9-10-31-22)21(30)26-17-7-8-19(24-11-17)28-13-23-12-25-28/h3-14H,1-2H3,(H,26,30)(H,27,29). The van der Waals surface area contributed by atoms with Gasteiger partial charge >= 0.3 is 0 Å². The minimum absolute atomic E-state index is 0.259. The Hall–Kier alpha value is -3.85. The van der Waals surface area contributed by atoms with Gasteiger partial charge in [-0.3, -0.25) is 9.59 Å². The highest BCUT2D eigenvalue weighted by Gasteiger charge is 2.16. The van der Waals surface area contributed by atoms with Gasteiger partial charge in [0.15, 0.2) is 5.82 Å². The maximum Gasteiger partial charge on any atom is 0.258 e. The predicted octanol–water partition coefficient (Wildman–Crippen LogP) is 4.35. The molecular formula is C22H20N6O2S. The fourth-order valence-electron chi connectivity index (χ4n) is 2.90. The minimum atomic E-state index is -0.331. The van der Waals surface area contributed by atoms with Gasteiger partial charge in [0, 0.05) is 5.56 Å². The van der Waals surface area contributed by atoms with Crippen LogP contribution in [0.3, 0.4) is 0 Å². The second-order valence-electron chi connectivity index (χ2n) is 7.09. The van der Waals surface area contributed by atoms with E-state index in [0.717, 1.165) is 5.56 Å². The van der Waals surface area contributed by atoms with E-state index in [0.29, 0.717) is 33.6 Å². The highest BCUT2D eigenvalue weighted by molar-refractivity contribution is 7.14. The number of thiophene rings is 1. The van der Waals surface area contributed by atoms with Crippen molar-refractivity contribution >= 4 is 33.8 Å². The predicted molar refractivity (Wildman–Crippen MR) is 120 cm³/mol. The zero-order chi connectivity index (χ0) is 21.8. The highest BCUT2D eigenvalue weighted by atomic mass is 32.1. The summed E-state index contributed by atoms with van der Waals surface area (Å²) in [6, 6.07) is 12.6. The van der Waals surface area contributed by atoms with Crippen LogP contribution in [-0.4, -0.2) is 31.6 Å². The van der Waals surface area contributed by atoms with Crippen molar-refractivity contribution in [1.29, 1.82) is 0 Å². The molecule has 9 heteroatoms. The number of anilines is 2. The molecule has 4 rings (SSSR count). The first-order valence-corrected chi connectivity index (χ1v) is 10.5. The fourth-order valence-corrected chi connectivity index (χ4v) is 3.68. The van der Waals surface area contributed by atoms with E-state index in [1.54, 1.807) is 35.7 Å². The molecule has 0 atom stereocenters. The van der Waals surface area contributed by atoms with Gasteiger partial charge in [0.1, 0.15) is 17.7 Å². The molecule has 2 N–H and O–H groups in total. The number of benzene rings is 1. The Morgan fingerprint density at radius 2 is 1.81 bits per heavy atom. The summed E-state index contributed by atoms with van der Waals surface area (Å²) in [7, 11) is 0. The van der Waals surface area contributed by atoms with Crippen molar-refractivity contribution in [1.82, 2.24) is 19.7 Å². The van der Waals surface area contributed by atoms with Crippen LogP contribution in [0.2, 0.25) is 0 Å². The Morgan fingerprint density at radius 3 is 2.45 bits per heavy atom. The van der Waals surface area contributed by atoms with Crippen LogP contribution in [-0.2, 0) is 0 Å². The number of aromatic nitrogens is 4. The number of hydrogen-bond donors (Lipinski definition) is 2. The van der Waals surface area contributed by atoms with Crippen molar-refractivity contribution in [3.8, 4) is 5.82 Å². The van der Waals surface area contributed by atoms with Crippen LogP contribution in [0.4, 0.5) is 10.7 Å². The quantitative estimate of drug-likeness (QED) is 0.472. The van der Waals surface area contributed by atoms with E-state index in [1.165, 1.54) is 34.9 Å². The molecule has 0 aliphatic heterocycles. The van der Waals surface area contributed by atoms with Gasteiger partial charge in [-0.25, -0.2) is 14.6 Å². The Bertz CT molecular complexity index is 1180. The van der Waals surface area contributed by atoms with E-state index in [9.17, 15) is 9.59 Å². The summed E-state index contributed by atoms with van der Waals surface area (Å²) in [5.41, 5.74) is 2.62. The molecule has 3 heterocycles. The third-order valence-corrected chi connectivity index (χ3v) is 5.47. The van der Waals surface area contributed by atoms with Gasteiger partial charge in [-0.1, -0.05) is 26.0 Å². The molecule has 156 valence electrons. The first-order valence-electron chi connectivity index (χ1n) is 9.62. The summed E-state index contributed by atoms with van der Waals surface area (Å²) in [5.74, 6) is 0.389. The third-order valence-electron chi connectivity index (χ3n) is 4.64. The summed E-state index contributed by atoms with van der Waals surface area (Å²) < 4.78 is 1.52. The molecule has 31 heavy (non-hydrogen) atoms. The number of pyridine rings is 1. The number of hydrogen-bond acceptors (Lipinski definition) is 6. The van der Waals surface area contributed by atoms with E-state index in [2.05, 4.69) is 39.5 Å². The molecule has 0 saturated carbocycles. The van der Waals surface area contributed by atoms with Gasteiger partial charge in [0.05, 0.1) is 17.4 Å². The molecule has 0 bridgehead atoms. The molecular weight excluding hydrogens is 412 g/mol. The van der Waals surface area contributed by atoms with Crippen LogP contribution >= 0.6 is 11.3 Å². The Balaban J connectivity index is 1.43. The van der Waals surface area contributed by atoms with E-state index in [4.69, 9.17) is 0 Å². The van der Waals surface area contributed by atoms with Gasteiger partial charge in [0.2, 0.25) is 0 Å². The molecule has 4 aromatic rings. The molecule has 0 unspecified atom stereocenters. The van der Waals surface area contributed by atoms with Crippen molar-refractivity contribution in [2.24, 2.45) is 0 Å². The van der Waals surface area contributed by atoms with Crippen molar-refractivity contribution in [3.63, 3.8) is 0 Å².